The van der Waals surface area contributed by atoms with Crippen molar-refractivity contribution in [3.05, 3.63) is 28.8 Å². The van der Waals surface area contributed by atoms with Crippen LogP contribution in [0.5, 0.6) is 0 Å². The zero-order chi connectivity index (χ0) is 12.8. The van der Waals surface area contributed by atoms with Crippen molar-refractivity contribution < 1.29 is 0 Å². The molecule has 4 heteroatoms. The quantitative estimate of drug-likeness (QED) is 0.846. The normalized spacial score (nSPS) is 12.2. The molecular weight excluding hydrogens is 234 g/mol. The van der Waals surface area contributed by atoms with Crippen molar-refractivity contribution in [3.8, 4) is 6.07 Å². The van der Waals surface area contributed by atoms with Crippen molar-refractivity contribution >= 4 is 17.3 Å². The van der Waals surface area contributed by atoms with E-state index < -0.39 is 0 Å². The van der Waals surface area contributed by atoms with Crippen LogP contribution < -0.4 is 11.1 Å². The number of nitrogens with two attached hydrogens (primary N) is 1. The van der Waals surface area contributed by atoms with Crippen LogP contribution >= 0.6 is 11.6 Å². The predicted octanol–water partition coefficient (Wildman–Crippen LogP) is 3.00. The number of benzene rings is 1. The van der Waals surface area contributed by atoms with Crippen molar-refractivity contribution in [2.24, 2.45) is 11.7 Å². The number of nitrogens with zero attached hydrogens (tertiary/aromatic N) is 1. The van der Waals surface area contributed by atoms with Gasteiger partial charge in [0.2, 0.25) is 0 Å². The molecule has 0 fully saturated rings. The zero-order valence-corrected chi connectivity index (χ0v) is 11.0. The van der Waals surface area contributed by atoms with Gasteiger partial charge in [-0.15, -0.1) is 0 Å². The van der Waals surface area contributed by atoms with Gasteiger partial charge in [-0.2, -0.15) is 5.26 Å². The van der Waals surface area contributed by atoms with Gasteiger partial charge in [-0.3, -0.25) is 0 Å². The molecule has 1 aromatic carbocycles. The van der Waals surface area contributed by atoms with E-state index in [1.165, 1.54) is 0 Å². The van der Waals surface area contributed by atoms with Crippen molar-refractivity contribution in [3.63, 3.8) is 0 Å². The van der Waals surface area contributed by atoms with Gasteiger partial charge in [0.15, 0.2) is 0 Å². The molecule has 0 saturated heterocycles. The van der Waals surface area contributed by atoms with Gasteiger partial charge in [0.25, 0.3) is 0 Å². The number of rotatable bonds is 5. The summed E-state index contributed by atoms with van der Waals surface area (Å²) >= 11 is 5.97. The van der Waals surface area contributed by atoms with Gasteiger partial charge in [-0.25, -0.2) is 0 Å². The third-order valence-corrected chi connectivity index (χ3v) is 2.81. The minimum Gasteiger partial charge on any atom is -0.381 e. The summed E-state index contributed by atoms with van der Waals surface area (Å²) in [6.07, 6.45) is 1.01. The van der Waals surface area contributed by atoms with E-state index in [0.717, 1.165) is 12.1 Å². The first-order valence-electron chi connectivity index (χ1n) is 5.73. The Hall–Kier alpha value is -1.24. The minimum atomic E-state index is 0.235. The van der Waals surface area contributed by atoms with Crippen LogP contribution in [0, 0.1) is 17.2 Å². The fourth-order valence-corrected chi connectivity index (χ4v) is 1.94. The van der Waals surface area contributed by atoms with Crippen molar-refractivity contribution in [2.45, 2.75) is 26.3 Å². The topological polar surface area (TPSA) is 61.8 Å². The standard InChI is InChI=1S/C13H18ClN3/c1-9(2)5-12(8-16)17-11-4-3-10(7-15)13(14)6-11/h3-4,6,9,12,17H,5,8,16H2,1-2H3. The highest BCUT2D eigenvalue weighted by molar-refractivity contribution is 6.32. The number of nitrogens with one attached hydrogen (secondary N) is 1. The largest absolute Gasteiger partial charge is 0.381 e. The molecule has 92 valence electrons. The first-order chi connectivity index (χ1) is 8.06. The minimum absolute atomic E-state index is 0.235. The average molecular weight is 252 g/mol. The highest BCUT2D eigenvalue weighted by Crippen LogP contribution is 2.21. The summed E-state index contributed by atoms with van der Waals surface area (Å²) in [5.41, 5.74) is 7.11. The van der Waals surface area contributed by atoms with E-state index in [4.69, 9.17) is 22.6 Å². The molecule has 1 atom stereocenters. The fraction of sp³-hybridized carbons (Fsp3) is 0.462. The van der Waals surface area contributed by atoms with Crippen molar-refractivity contribution in [1.82, 2.24) is 0 Å². The summed E-state index contributed by atoms with van der Waals surface area (Å²) in [4.78, 5) is 0. The Morgan fingerprint density at radius 3 is 2.65 bits per heavy atom. The Labute approximate surface area is 108 Å². The molecule has 1 aromatic rings. The summed E-state index contributed by atoms with van der Waals surface area (Å²) in [5, 5.41) is 12.6. The van der Waals surface area contributed by atoms with Gasteiger partial charge in [0.1, 0.15) is 6.07 Å². The van der Waals surface area contributed by atoms with Crippen molar-refractivity contribution in [2.75, 3.05) is 11.9 Å². The molecule has 0 aliphatic carbocycles. The van der Waals surface area contributed by atoms with Gasteiger partial charge in [0, 0.05) is 18.3 Å². The first-order valence-corrected chi connectivity index (χ1v) is 6.10. The van der Waals surface area contributed by atoms with Crippen LogP contribution in [0.25, 0.3) is 0 Å². The Kier molecular flexibility index (Phi) is 5.27. The molecule has 0 radical (unpaired) electrons. The predicted molar refractivity (Wildman–Crippen MR) is 72.1 cm³/mol. The highest BCUT2D eigenvalue weighted by Gasteiger charge is 2.09. The van der Waals surface area contributed by atoms with Gasteiger partial charge in [-0.1, -0.05) is 25.4 Å². The van der Waals surface area contributed by atoms with E-state index in [9.17, 15) is 0 Å². The third kappa shape index (κ3) is 4.26. The maximum Gasteiger partial charge on any atom is 0.101 e. The fourth-order valence-electron chi connectivity index (χ4n) is 1.71. The van der Waals surface area contributed by atoms with E-state index in [0.29, 0.717) is 23.0 Å². The second kappa shape index (κ2) is 6.48. The maximum atomic E-state index is 8.78. The molecule has 0 aromatic heterocycles. The molecule has 0 bridgehead atoms. The molecule has 0 aliphatic rings. The lowest BCUT2D eigenvalue weighted by molar-refractivity contribution is 0.522. The van der Waals surface area contributed by atoms with Crippen molar-refractivity contribution in [1.29, 1.82) is 5.26 Å². The summed E-state index contributed by atoms with van der Waals surface area (Å²) in [7, 11) is 0. The Balaban J connectivity index is 2.74. The summed E-state index contributed by atoms with van der Waals surface area (Å²) in [6, 6.07) is 7.61. The molecule has 0 aliphatic heterocycles. The monoisotopic (exact) mass is 251 g/mol. The Bertz CT molecular complexity index is 410. The Morgan fingerprint density at radius 1 is 1.47 bits per heavy atom. The van der Waals surface area contributed by atoms with Gasteiger partial charge < -0.3 is 11.1 Å². The van der Waals surface area contributed by atoms with Crippen LogP contribution in [0.2, 0.25) is 5.02 Å². The Morgan fingerprint density at radius 2 is 2.18 bits per heavy atom. The van der Waals surface area contributed by atoms with Crippen LogP contribution in [0.4, 0.5) is 5.69 Å². The van der Waals surface area contributed by atoms with Crippen LogP contribution in [0.3, 0.4) is 0 Å². The average Bonchev–Trinajstić information content (AvgIpc) is 2.27. The summed E-state index contributed by atoms with van der Waals surface area (Å²) in [5.74, 6) is 0.588. The number of hydrogen-bond donors (Lipinski definition) is 2. The molecule has 1 rings (SSSR count). The molecule has 0 saturated carbocycles. The third-order valence-electron chi connectivity index (χ3n) is 2.50. The highest BCUT2D eigenvalue weighted by atomic mass is 35.5. The lowest BCUT2D eigenvalue weighted by atomic mass is 10.0. The number of hydrogen-bond acceptors (Lipinski definition) is 3. The van der Waals surface area contributed by atoms with E-state index >= 15 is 0 Å². The van der Waals surface area contributed by atoms with Gasteiger partial charge in [0.05, 0.1) is 10.6 Å². The zero-order valence-electron chi connectivity index (χ0n) is 10.2. The smallest absolute Gasteiger partial charge is 0.101 e. The van der Waals surface area contributed by atoms with E-state index in [-0.39, 0.29) is 6.04 Å². The lowest BCUT2D eigenvalue weighted by Gasteiger charge is -2.20. The molecule has 3 nitrogen and oxygen atoms in total. The van der Waals surface area contributed by atoms with E-state index in [1.807, 2.05) is 12.1 Å². The van der Waals surface area contributed by atoms with E-state index in [2.05, 4.69) is 19.2 Å². The SMILES string of the molecule is CC(C)CC(CN)Nc1ccc(C#N)c(Cl)c1. The summed E-state index contributed by atoms with van der Waals surface area (Å²) < 4.78 is 0. The number of halogens is 1. The number of anilines is 1. The molecule has 3 N–H and O–H groups in total. The van der Waals surface area contributed by atoms with Gasteiger partial charge in [-0.05, 0) is 30.5 Å². The van der Waals surface area contributed by atoms with Crippen LogP contribution in [-0.4, -0.2) is 12.6 Å². The maximum absolute atomic E-state index is 8.78. The first kappa shape index (κ1) is 13.8. The van der Waals surface area contributed by atoms with Crippen LogP contribution in [-0.2, 0) is 0 Å². The molecule has 0 amide bonds. The van der Waals surface area contributed by atoms with Gasteiger partial charge >= 0.3 is 0 Å². The molecule has 1 unspecified atom stereocenters. The lowest BCUT2D eigenvalue weighted by Crippen LogP contribution is -2.30. The second-order valence-electron chi connectivity index (χ2n) is 4.51. The van der Waals surface area contributed by atoms with Crippen LogP contribution in [0.1, 0.15) is 25.8 Å². The molecule has 17 heavy (non-hydrogen) atoms. The molecule has 0 spiro atoms. The number of nitriles is 1. The van der Waals surface area contributed by atoms with Crippen LogP contribution in [0.15, 0.2) is 18.2 Å². The molecule has 0 heterocycles. The van der Waals surface area contributed by atoms with E-state index in [1.54, 1.807) is 12.1 Å². The molecular formula is C13H18ClN3. The second-order valence-corrected chi connectivity index (χ2v) is 4.92. The summed E-state index contributed by atoms with van der Waals surface area (Å²) in [6.45, 7) is 4.90.